The van der Waals surface area contributed by atoms with E-state index in [1.54, 1.807) is 0 Å². The van der Waals surface area contributed by atoms with E-state index in [0.717, 1.165) is 28.3 Å². The molecule has 84 valence electrons. The maximum absolute atomic E-state index is 6.00. The Balaban J connectivity index is 2.43. The molecule has 1 atom stereocenters. The third-order valence-electron chi connectivity index (χ3n) is 3.63. The highest BCUT2D eigenvalue weighted by Crippen LogP contribution is 2.45. The van der Waals surface area contributed by atoms with Crippen LogP contribution in [0.25, 0.3) is 0 Å². The fraction of sp³-hybridized carbons (Fsp3) is 0.286. The van der Waals surface area contributed by atoms with Gasteiger partial charge >= 0.3 is 0 Å². The summed E-state index contributed by atoms with van der Waals surface area (Å²) in [6.45, 7) is 8.39. The van der Waals surface area contributed by atoms with Gasteiger partial charge in [-0.1, -0.05) is 37.2 Å². The maximum Gasteiger partial charge on any atom is 0.0406 e. The van der Waals surface area contributed by atoms with Crippen LogP contribution in [0.15, 0.2) is 47.7 Å². The fourth-order valence-corrected chi connectivity index (χ4v) is 2.45. The van der Waals surface area contributed by atoms with Crippen molar-refractivity contribution in [3.05, 3.63) is 58.3 Å². The van der Waals surface area contributed by atoms with Gasteiger partial charge in [-0.2, -0.15) is 0 Å². The number of halogens is 1. The van der Waals surface area contributed by atoms with Crippen molar-refractivity contribution in [2.24, 2.45) is 5.73 Å². The van der Waals surface area contributed by atoms with Gasteiger partial charge in [0.1, 0.15) is 0 Å². The van der Waals surface area contributed by atoms with E-state index in [4.69, 9.17) is 17.3 Å². The van der Waals surface area contributed by atoms with Crippen LogP contribution in [-0.2, 0) is 5.41 Å². The van der Waals surface area contributed by atoms with E-state index in [0.29, 0.717) is 0 Å². The Hall–Kier alpha value is -1.21. The van der Waals surface area contributed by atoms with E-state index < -0.39 is 0 Å². The highest BCUT2D eigenvalue weighted by molar-refractivity contribution is 6.30. The molecule has 0 radical (unpaired) electrons. The largest absolute Gasteiger partial charge is 0.402 e. The number of allylic oxidation sites excluding steroid dienone is 3. The molecule has 0 heterocycles. The second-order valence-corrected chi connectivity index (χ2v) is 5.08. The average molecular weight is 234 g/mol. The van der Waals surface area contributed by atoms with E-state index in [1.807, 2.05) is 19.1 Å². The molecular weight excluding hydrogens is 218 g/mol. The van der Waals surface area contributed by atoms with Gasteiger partial charge in [-0.25, -0.2) is 0 Å². The smallest absolute Gasteiger partial charge is 0.0406 e. The van der Waals surface area contributed by atoms with Crippen LogP contribution in [0.5, 0.6) is 0 Å². The van der Waals surface area contributed by atoms with Gasteiger partial charge in [0.05, 0.1) is 0 Å². The first-order chi connectivity index (χ1) is 7.45. The van der Waals surface area contributed by atoms with Crippen molar-refractivity contribution in [1.29, 1.82) is 0 Å². The third kappa shape index (κ3) is 1.56. The Morgan fingerprint density at radius 2 is 1.88 bits per heavy atom. The van der Waals surface area contributed by atoms with Crippen molar-refractivity contribution in [2.75, 3.05) is 0 Å². The van der Waals surface area contributed by atoms with E-state index in [9.17, 15) is 0 Å². The minimum absolute atomic E-state index is 0.0707. The quantitative estimate of drug-likeness (QED) is 0.785. The molecule has 16 heavy (non-hydrogen) atoms. The molecule has 2 heteroatoms. The molecule has 1 unspecified atom stereocenters. The number of hydrogen-bond donors (Lipinski definition) is 1. The lowest BCUT2D eigenvalue weighted by molar-refractivity contribution is 0.587. The van der Waals surface area contributed by atoms with Gasteiger partial charge in [-0.05, 0) is 35.8 Å². The van der Waals surface area contributed by atoms with Crippen molar-refractivity contribution >= 4 is 11.6 Å². The minimum Gasteiger partial charge on any atom is -0.402 e. The van der Waals surface area contributed by atoms with E-state index in [1.165, 1.54) is 5.56 Å². The van der Waals surface area contributed by atoms with Crippen LogP contribution in [-0.4, -0.2) is 0 Å². The molecule has 0 amide bonds. The van der Waals surface area contributed by atoms with Crippen molar-refractivity contribution in [3.63, 3.8) is 0 Å². The summed E-state index contributed by atoms with van der Waals surface area (Å²) in [5.74, 6) is 0. The molecule has 1 aliphatic rings. The number of hydrogen-bond acceptors (Lipinski definition) is 1. The molecule has 1 aromatic rings. The van der Waals surface area contributed by atoms with E-state index >= 15 is 0 Å². The van der Waals surface area contributed by atoms with Crippen LogP contribution in [0.4, 0.5) is 0 Å². The van der Waals surface area contributed by atoms with Gasteiger partial charge in [-0.15, -0.1) is 0 Å². The normalized spacial score (nSPS) is 25.3. The summed E-state index contributed by atoms with van der Waals surface area (Å²) in [4.78, 5) is 0. The van der Waals surface area contributed by atoms with Gasteiger partial charge in [0.15, 0.2) is 0 Å². The molecule has 2 N–H and O–H groups in total. The predicted octanol–water partition coefficient (Wildman–Crippen LogP) is 3.79. The minimum atomic E-state index is -0.0707. The number of nitrogens with two attached hydrogens (primary N) is 1. The maximum atomic E-state index is 6.00. The molecule has 1 aromatic carbocycles. The summed E-state index contributed by atoms with van der Waals surface area (Å²) in [6.07, 6.45) is 0.847. The van der Waals surface area contributed by atoms with Crippen LogP contribution in [0, 0.1) is 0 Å². The zero-order valence-electron chi connectivity index (χ0n) is 9.68. The Morgan fingerprint density at radius 1 is 1.31 bits per heavy atom. The zero-order chi connectivity index (χ0) is 11.9. The summed E-state index contributed by atoms with van der Waals surface area (Å²) >= 11 is 5.90. The number of benzene rings is 1. The van der Waals surface area contributed by atoms with E-state index in [2.05, 4.69) is 25.6 Å². The van der Waals surface area contributed by atoms with Crippen molar-refractivity contribution in [2.45, 2.75) is 25.7 Å². The molecular formula is C14H16ClN. The van der Waals surface area contributed by atoms with Crippen LogP contribution in [0.1, 0.15) is 25.8 Å². The average Bonchev–Trinajstić information content (AvgIpc) is 2.45. The third-order valence-corrected chi connectivity index (χ3v) is 3.88. The highest BCUT2D eigenvalue weighted by atomic mass is 35.5. The second-order valence-electron chi connectivity index (χ2n) is 4.64. The van der Waals surface area contributed by atoms with Crippen LogP contribution >= 0.6 is 11.6 Å². The highest BCUT2D eigenvalue weighted by Gasteiger charge is 2.37. The molecule has 0 saturated heterocycles. The van der Waals surface area contributed by atoms with Gasteiger partial charge in [0.2, 0.25) is 0 Å². The van der Waals surface area contributed by atoms with Crippen LogP contribution in [0.3, 0.4) is 0 Å². The van der Waals surface area contributed by atoms with Crippen LogP contribution in [0.2, 0.25) is 5.02 Å². The summed E-state index contributed by atoms with van der Waals surface area (Å²) in [5.41, 5.74) is 10.4. The van der Waals surface area contributed by atoms with Gasteiger partial charge < -0.3 is 5.73 Å². The lowest BCUT2D eigenvalue weighted by Gasteiger charge is -2.27. The molecule has 1 aliphatic carbocycles. The summed E-state index contributed by atoms with van der Waals surface area (Å²) in [5, 5.41) is 0.758. The Labute approximate surface area is 102 Å². The van der Waals surface area contributed by atoms with Crippen molar-refractivity contribution < 1.29 is 0 Å². The molecule has 2 rings (SSSR count). The monoisotopic (exact) mass is 233 g/mol. The second kappa shape index (κ2) is 3.67. The zero-order valence-corrected chi connectivity index (χ0v) is 10.4. The lowest BCUT2D eigenvalue weighted by atomic mass is 9.76. The Morgan fingerprint density at radius 3 is 2.31 bits per heavy atom. The summed E-state index contributed by atoms with van der Waals surface area (Å²) < 4.78 is 0. The van der Waals surface area contributed by atoms with Gasteiger partial charge in [-0.3, -0.25) is 0 Å². The molecule has 0 spiro atoms. The Bertz CT molecular complexity index is 470. The SMILES string of the molecule is C=C1C(C)=C(N)CC1(C)c1ccc(Cl)cc1. The first kappa shape index (κ1) is 11.3. The summed E-state index contributed by atoms with van der Waals surface area (Å²) in [6, 6.07) is 7.94. The van der Waals surface area contributed by atoms with Crippen molar-refractivity contribution in [1.82, 2.24) is 0 Å². The number of rotatable bonds is 1. The molecule has 0 aromatic heterocycles. The van der Waals surface area contributed by atoms with Gasteiger partial charge in [0, 0.05) is 22.6 Å². The molecule has 0 fully saturated rings. The van der Waals surface area contributed by atoms with Crippen LogP contribution < -0.4 is 5.73 Å². The standard InChI is InChI=1S/C14H16ClN/c1-9-10(2)14(3,8-13(9)16)11-4-6-12(15)7-5-11/h4-7H,2,8,16H2,1,3H3. The van der Waals surface area contributed by atoms with E-state index in [-0.39, 0.29) is 5.41 Å². The topological polar surface area (TPSA) is 26.0 Å². The van der Waals surface area contributed by atoms with Gasteiger partial charge in [0.25, 0.3) is 0 Å². The fourth-order valence-electron chi connectivity index (χ4n) is 2.32. The predicted molar refractivity (Wildman–Crippen MR) is 69.4 cm³/mol. The first-order valence-electron chi connectivity index (χ1n) is 5.36. The Kier molecular flexibility index (Phi) is 2.59. The first-order valence-corrected chi connectivity index (χ1v) is 5.74. The lowest BCUT2D eigenvalue weighted by Crippen LogP contribution is -2.21. The molecule has 1 nitrogen and oxygen atoms in total. The summed E-state index contributed by atoms with van der Waals surface area (Å²) in [7, 11) is 0. The molecule has 0 saturated carbocycles. The molecule has 0 aliphatic heterocycles. The molecule has 0 bridgehead atoms. The van der Waals surface area contributed by atoms with Crippen molar-refractivity contribution in [3.8, 4) is 0 Å².